The smallest absolute Gasteiger partial charge is 0.416 e. The summed E-state index contributed by atoms with van der Waals surface area (Å²) in [5.74, 6) is -2.10. The van der Waals surface area contributed by atoms with Crippen LogP contribution in [0.1, 0.15) is 35.3 Å². The summed E-state index contributed by atoms with van der Waals surface area (Å²) in [6.45, 7) is 3.35. The maximum Gasteiger partial charge on any atom is 0.416 e. The standard InChI is InChI=1S/C24H20F3NO5/c1-4-33-22(30)15-9-11-17(12-10-15)28-14(2)20(23(31)32-3)18(21(28)29)13-16-7-5-6-8-19(16)24(25,26)27/h5-13H,4H2,1-3H3/b18-13-. The molecule has 0 unspecified atom stereocenters. The lowest BCUT2D eigenvalue weighted by Crippen LogP contribution is -2.24. The van der Waals surface area contributed by atoms with Crippen LogP contribution in [0.25, 0.3) is 6.08 Å². The van der Waals surface area contributed by atoms with E-state index in [1.165, 1.54) is 54.3 Å². The van der Waals surface area contributed by atoms with Gasteiger partial charge in [-0.2, -0.15) is 13.2 Å². The van der Waals surface area contributed by atoms with Gasteiger partial charge in [0, 0.05) is 11.4 Å². The van der Waals surface area contributed by atoms with Crippen molar-refractivity contribution in [2.75, 3.05) is 18.6 Å². The van der Waals surface area contributed by atoms with Gasteiger partial charge in [-0.1, -0.05) is 18.2 Å². The number of ether oxygens (including phenoxy) is 2. The number of benzene rings is 2. The Morgan fingerprint density at radius 1 is 1.03 bits per heavy atom. The fourth-order valence-corrected chi connectivity index (χ4v) is 3.49. The van der Waals surface area contributed by atoms with Crippen LogP contribution < -0.4 is 4.90 Å². The third-order valence-electron chi connectivity index (χ3n) is 4.99. The highest BCUT2D eigenvalue weighted by molar-refractivity contribution is 6.24. The molecular formula is C24H20F3NO5. The zero-order valence-electron chi connectivity index (χ0n) is 18.0. The van der Waals surface area contributed by atoms with E-state index in [1.54, 1.807) is 6.92 Å². The number of halogens is 3. The molecule has 1 aliphatic rings. The Morgan fingerprint density at radius 3 is 2.24 bits per heavy atom. The number of carbonyl (C=O) groups excluding carboxylic acids is 3. The minimum absolute atomic E-state index is 0.144. The summed E-state index contributed by atoms with van der Waals surface area (Å²) in [4.78, 5) is 38.8. The summed E-state index contributed by atoms with van der Waals surface area (Å²) in [6.07, 6.45) is -3.62. The van der Waals surface area contributed by atoms with E-state index in [0.717, 1.165) is 19.3 Å². The summed E-state index contributed by atoms with van der Waals surface area (Å²) >= 11 is 0. The number of hydrogen-bond acceptors (Lipinski definition) is 5. The van der Waals surface area contributed by atoms with Gasteiger partial charge in [-0.05, 0) is 55.8 Å². The Bertz CT molecular complexity index is 1160. The van der Waals surface area contributed by atoms with E-state index in [2.05, 4.69) is 0 Å². The van der Waals surface area contributed by atoms with Crippen LogP contribution in [0.4, 0.5) is 18.9 Å². The molecule has 0 aromatic heterocycles. The highest BCUT2D eigenvalue weighted by Gasteiger charge is 2.39. The molecule has 2 aromatic rings. The van der Waals surface area contributed by atoms with Gasteiger partial charge in [0.25, 0.3) is 5.91 Å². The number of amides is 1. The van der Waals surface area contributed by atoms with Crippen LogP contribution in [-0.2, 0) is 25.2 Å². The van der Waals surface area contributed by atoms with Crippen LogP contribution in [0.3, 0.4) is 0 Å². The second-order valence-electron chi connectivity index (χ2n) is 7.00. The first kappa shape index (κ1) is 23.8. The predicted octanol–water partition coefficient (Wildman–Crippen LogP) is 4.76. The van der Waals surface area contributed by atoms with E-state index in [-0.39, 0.29) is 34.6 Å². The average molecular weight is 459 g/mol. The van der Waals surface area contributed by atoms with E-state index < -0.39 is 29.6 Å². The largest absolute Gasteiger partial charge is 0.465 e. The molecule has 6 nitrogen and oxygen atoms in total. The van der Waals surface area contributed by atoms with Crippen LogP contribution in [0, 0.1) is 0 Å². The Kier molecular flexibility index (Phi) is 6.71. The number of esters is 2. The number of anilines is 1. The topological polar surface area (TPSA) is 72.9 Å². The molecule has 1 amide bonds. The molecular weight excluding hydrogens is 439 g/mol. The van der Waals surface area contributed by atoms with Crippen molar-refractivity contribution in [1.29, 1.82) is 0 Å². The summed E-state index contributed by atoms with van der Waals surface area (Å²) < 4.78 is 50.1. The van der Waals surface area contributed by atoms with E-state index in [9.17, 15) is 27.6 Å². The number of methoxy groups -OCH3 is 1. The Balaban J connectivity index is 2.10. The minimum Gasteiger partial charge on any atom is -0.465 e. The van der Waals surface area contributed by atoms with E-state index >= 15 is 0 Å². The van der Waals surface area contributed by atoms with Gasteiger partial charge in [0.1, 0.15) is 0 Å². The summed E-state index contributed by atoms with van der Waals surface area (Å²) in [5.41, 5.74) is -0.811. The molecule has 1 aliphatic heterocycles. The first-order valence-corrected chi connectivity index (χ1v) is 9.89. The molecule has 0 saturated heterocycles. The molecule has 0 spiro atoms. The minimum atomic E-state index is -4.65. The number of hydrogen-bond donors (Lipinski definition) is 0. The number of rotatable bonds is 5. The average Bonchev–Trinajstić information content (AvgIpc) is 3.02. The van der Waals surface area contributed by atoms with Gasteiger partial charge in [-0.25, -0.2) is 9.59 Å². The van der Waals surface area contributed by atoms with Crippen LogP contribution in [0.5, 0.6) is 0 Å². The number of nitrogens with zero attached hydrogens (tertiary/aromatic N) is 1. The fourth-order valence-electron chi connectivity index (χ4n) is 3.49. The van der Waals surface area contributed by atoms with Crippen molar-refractivity contribution in [2.45, 2.75) is 20.0 Å². The monoisotopic (exact) mass is 459 g/mol. The van der Waals surface area contributed by atoms with E-state index in [0.29, 0.717) is 5.69 Å². The molecule has 3 rings (SSSR count). The van der Waals surface area contributed by atoms with Crippen molar-refractivity contribution in [3.05, 3.63) is 82.1 Å². The second-order valence-corrected chi connectivity index (χ2v) is 7.00. The summed E-state index contributed by atoms with van der Waals surface area (Å²) in [6, 6.07) is 10.6. The molecule has 0 saturated carbocycles. The molecule has 1 heterocycles. The molecule has 33 heavy (non-hydrogen) atoms. The number of carbonyl (C=O) groups is 3. The fraction of sp³-hybridized carbons (Fsp3) is 0.208. The first-order valence-electron chi connectivity index (χ1n) is 9.89. The molecule has 9 heteroatoms. The maximum atomic E-state index is 13.5. The van der Waals surface area contributed by atoms with E-state index in [4.69, 9.17) is 9.47 Å². The van der Waals surface area contributed by atoms with Gasteiger partial charge in [-0.15, -0.1) is 0 Å². The molecule has 0 bridgehead atoms. The Labute approximate surface area is 187 Å². The summed E-state index contributed by atoms with van der Waals surface area (Å²) in [5, 5.41) is 0. The summed E-state index contributed by atoms with van der Waals surface area (Å²) in [7, 11) is 1.12. The van der Waals surface area contributed by atoms with E-state index in [1.807, 2.05) is 0 Å². The molecule has 0 fully saturated rings. The van der Waals surface area contributed by atoms with Crippen molar-refractivity contribution < 1.29 is 37.0 Å². The van der Waals surface area contributed by atoms with Gasteiger partial charge in [0.2, 0.25) is 0 Å². The lowest BCUT2D eigenvalue weighted by Gasteiger charge is -2.18. The highest BCUT2D eigenvalue weighted by Crippen LogP contribution is 2.38. The van der Waals surface area contributed by atoms with Crippen molar-refractivity contribution in [3.8, 4) is 0 Å². The highest BCUT2D eigenvalue weighted by atomic mass is 19.4. The lowest BCUT2D eigenvalue weighted by atomic mass is 10.00. The Morgan fingerprint density at radius 2 is 1.67 bits per heavy atom. The van der Waals surface area contributed by atoms with Crippen molar-refractivity contribution in [3.63, 3.8) is 0 Å². The van der Waals surface area contributed by atoms with Gasteiger partial charge in [0.15, 0.2) is 0 Å². The normalized spacial score (nSPS) is 15.3. The molecule has 0 atom stereocenters. The third-order valence-corrected chi connectivity index (χ3v) is 4.99. The number of allylic oxidation sites excluding steroid dienone is 1. The predicted molar refractivity (Wildman–Crippen MR) is 114 cm³/mol. The number of alkyl halides is 3. The third kappa shape index (κ3) is 4.67. The zero-order chi connectivity index (χ0) is 24.3. The van der Waals surface area contributed by atoms with Crippen molar-refractivity contribution >= 4 is 29.6 Å². The maximum absolute atomic E-state index is 13.5. The van der Waals surface area contributed by atoms with Crippen LogP contribution in [0.2, 0.25) is 0 Å². The van der Waals surface area contributed by atoms with Crippen LogP contribution >= 0.6 is 0 Å². The van der Waals surface area contributed by atoms with Crippen LogP contribution in [0.15, 0.2) is 65.4 Å². The van der Waals surface area contributed by atoms with Gasteiger partial charge in [-0.3, -0.25) is 9.69 Å². The SMILES string of the molecule is CCOC(=O)c1ccc(N2C(=O)/C(=C\c3ccccc3C(F)(F)F)C(C(=O)OC)=C2C)cc1. The molecule has 2 aromatic carbocycles. The van der Waals surface area contributed by atoms with Gasteiger partial charge >= 0.3 is 18.1 Å². The second kappa shape index (κ2) is 9.32. The first-order chi connectivity index (χ1) is 15.6. The van der Waals surface area contributed by atoms with Crippen molar-refractivity contribution in [1.82, 2.24) is 0 Å². The molecule has 0 aliphatic carbocycles. The van der Waals surface area contributed by atoms with Crippen LogP contribution in [-0.4, -0.2) is 31.6 Å². The quantitative estimate of drug-likeness (QED) is 0.476. The molecule has 0 N–H and O–H groups in total. The van der Waals surface area contributed by atoms with Gasteiger partial charge < -0.3 is 9.47 Å². The molecule has 172 valence electrons. The van der Waals surface area contributed by atoms with Crippen molar-refractivity contribution in [2.24, 2.45) is 0 Å². The van der Waals surface area contributed by atoms with Gasteiger partial charge in [0.05, 0.1) is 36.0 Å². The zero-order valence-corrected chi connectivity index (χ0v) is 18.0. The lowest BCUT2D eigenvalue weighted by molar-refractivity contribution is -0.138. The molecule has 0 radical (unpaired) electrons. The Hall–Kier alpha value is -3.88.